The van der Waals surface area contributed by atoms with Crippen LogP contribution in [0.25, 0.3) is 0 Å². The number of anilines is 2. The van der Waals surface area contributed by atoms with Crippen LogP contribution in [-0.4, -0.2) is 6.03 Å². The quantitative estimate of drug-likeness (QED) is 0.786. The van der Waals surface area contributed by atoms with Gasteiger partial charge in [-0.3, -0.25) is 5.32 Å². The molecule has 2 aromatic rings. The number of urea groups is 1. The van der Waals surface area contributed by atoms with E-state index < -0.39 is 0 Å². The number of rotatable bonds is 2. The van der Waals surface area contributed by atoms with Gasteiger partial charge < -0.3 is 9.73 Å². The van der Waals surface area contributed by atoms with Crippen LogP contribution in [0.5, 0.6) is 0 Å². The van der Waals surface area contributed by atoms with Gasteiger partial charge in [-0.05, 0) is 18.2 Å². The van der Waals surface area contributed by atoms with Gasteiger partial charge in [0.15, 0.2) is 0 Å². The Morgan fingerprint density at radius 2 is 1.80 bits per heavy atom. The van der Waals surface area contributed by atoms with E-state index in [1.54, 1.807) is 12.1 Å². The molecule has 2 rings (SSSR count). The SMILES string of the molecule is O=C(Nc1ccccc1)Nc1ccco1. The van der Waals surface area contributed by atoms with Crippen LogP contribution in [0.4, 0.5) is 16.4 Å². The van der Waals surface area contributed by atoms with E-state index in [2.05, 4.69) is 10.6 Å². The summed E-state index contributed by atoms with van der Waals surface area (Å²) in [5.41, 5.74) is 0.738. The first-order valence-corrected chi connectivity index (χ1v) is 4.51. The van der Waals surface area contributed by atoms with E-state index in [0.29, 0.717) is 5.88 Å². The van der Waals surface area contributed by atoms with Crippen molar-refractivity contribution in [3.63, 3.8) is 0 Å². The molecule has 15 heavy (non-hydrogen) atoms. The van der Waals surface area contributed by atoms with Gasteiger partial charge in [0.05, 0.1) is 6.26 Å². The fourth-order valence-electron chi connectivity index (χ4n) is 1.15. The zero-order valence-electron chi connectivity index (χ0n) is 7.94. The molecular weight excluding hydrogens is 192 g/mol. The summed E-state index contributed by atoms with van der Waals surface area (Å²) in [6.45, 7) is 0. The summed E-state index contributed by atoms with van der Waals surface area (Å²) in [6, 6.07) is 12.3. The van der Waals surface area contributed by atoms with Crippen molar-refractivity contribution in [2.45, 2.75) is 0 Å². The van der Waals surface area contributed by atoms with Gasteiger partial charge in [0.25, 0.3) is 0 Å². The van der Waals surface area contributed by atoms with Crippen LogP contribution in [-0.2, 0) is 0 Å². The Morgan fingerprint density at radius 1 is 1.00 bits per heavy atom. The number of carbonyl (C=O) groups is 1. The summed E-state index contributed by atoms with van der Waals surface area (Å²) in [5, 5.41) is 5.22. The van der Waals surface area contributed by atoms with Crippen LogP contribution in [0, 0.1) is 0 Å². The van der Waals surface area contributed by atoms with E-state index >= 15 is 0 Å². The molecule has 76 valence electrons. The molecule has 2 N–H and O–H groups in total. The van der Waals surface area contributed by atoms with E-state index in [4.69, 9.17) is 4.42 Å². The number of hydrogen-bond acceptors (Lipinski definition) is 2. The summed E-state index contributed by atoms with van der Waals surface area (Å²) in [5.74, 6) is 0.420. The predicted octanol–water partition coefficient (Wildman–Crippen LogP) is 2.92. The van der Waals surface area contributed by atoms with Gasteiger partial charge in [-0.2, -0.15) is 0 Å². The molecule has 0 spiro atoms. The van der Waals surface area contributed by atoms with Gasteiger partial charge in [-0.15, -0.1) is 0 Å². The first-order chi connectivity index (χ1) is 7.34. The third kappa shape index (κ3) is 2.60. The third-order valence-electron chi connectivity index (χ3n) is 1.79. The Hall–Kier alpha value is -2.23. The normalized spacial score (nSPS) is 9.60. The van der Waals surface area contributed by atoms with Gasteiger partial charge >= 0.3 is 6.03 Å². The topological polar surface area (TPSA) is 54.3 Å². The number of nitrogens with one attached hydrogen (secondary N) is 2. The van der Waals surface area contributed by atoms with Crippen molar-refractivity contribution in [2.24, 2.45) is 0 Å². The highest BCUT2D eigenvalue weighted by molar-refractivity contribution is 5.98. The van der Waals surface area contributed by atoms with Gasteiger partial charge in [-0.25, -0.2) is 4.79 Å². The molecule has 0 unspecified atom stereocenters. The average molecular weight is 202 g/mol. The zero-order valence-corrected chi connectivity index (χ0v) is 7.94. The van der Waals surface area contributed by atoms with Gasteiger partial charge in [0.1, 0.15) is 0 Å². The Balaban J connectivity index is 1.94. The van der Waals surface area contributed by atoms with Crippen LogP contribution in [0.2, 0.25) is 0 Å². The lowest BCUT2D eigenvalue weighted by atomic mass is 10.3. The molecule has 1 aromatic carbocycles. The number of para-hydroxylation sites is 1. The van der Waals surface area contributed by atoms with E-state index in [-0.39, 0.29) is 6.03 Å². The first kappa shape index (κ1) is 9.33. The standard InChI is InChI=1S/C11H10N2O2/c14-11(13-10-7-4-8-15-10)12-9-5-2-1-3-6-9/h1-8H,(H2,12,13,14). The summed E-state index contributed by atoms with van der Waals surface area (Å²) >= 11 is 0. The summed E-state index contributed by atoms with van der Waals surface area (Å²) in [4.78, 5) is 11.4. The average Bonchev–Trinajstić information content (AvgIpc) is 2.71. The van der Waals surface area contributed by atoms with E-state index in [1.165, 1.54) is 6.26 Å². The molecule has 1 aromatic heterocycles. The maximum Gasteiger partial charge on any atom is 0.326 e. The second-order valence-corrected chi connectivity index (χ2v) is 2.92. The number of amides is 2. The molecule has 4 nitrogen and oxygen atoms in total. The van der Waals surface area contributed by atoms with Crippen LogP contribution in [0.3, 0.4) is 0 Å². The van der Waals surface area contributed by atoms with Gasteiger partial charge in [-0.1, -0.05) is 18.2 Å². The second kappa shape index (κ2) is 4.32. The highest BCUT2D eigenvalue weighted by Gasteiger charge is 2.02. The number of hydrogen-bond donors (Lipinski definition) is 2. The van der Waals surface area contributed by atoms with Crippen molar-refractivity contribution in [1.82, 2.24) is 0 Å². The minimum absolute atomic E-state index is 0.323. The lowest BCUT2D eigenvalue weighted by Crippen LogP contribution is -2.18. The Labute approximate surface area is 86.9 Å². The lowest BCUT2D eigenvalue weighted by molar-refractivity contribution is 0.261. The zero-order chi connectivity index (χ0) is 10.5. The number of carbonyl (C=O) groups excluding carboxylic acids is 1. The monoisotopic (exact) mass is 202 g/mol. The molecule has 2 amide bonds. The van der Waals surface area contributed by atoms with Gasteiger partial charge in [0.2, 0.25) is 5.88 Å². The molecule has 0 saturated heterocycles. The molecule has 4 heteroatoms. The largest absolute Gasteiger partial charge is 0.449 e. The fraction of sp³-hybridized carbons (Fsp3) is 0. The number of furan rings is 1. The van der Waals surface area contributed by atoms with E-state index in [0.717, 1.165) is 5.69 Å². The van der Waals surface area contributed by atoms with Crippen molar-refractivity contribution in [3.8, 4) is 0 Å². The molecule has 0 saturated carbocycles. The van der Waals surface area contributed by atoms with Crippen LogP contribution >= 0.6 is 0 Å². The molecule has 0 radical (unpaired) electrons. The molecule has 0 fully saturated rings. The smallest absolute Gasteiger partial charge is 0.326 e. The van der Waals surface area contributed by atoms with Crippen molar-refractivity contribution in [1.29, 1.82) is 0 Å². The molecular formula is C11H10N2O2. The molecule has 0 atom stereocenters. The summed E-state index contributed by atoms with van der Waals surface area (Å²) in [7, 11) is 0. The molecule has 0 aliphatic heterocycles. The maximum atomic E-state index is 11.4. The summed E-state index contributed by atoms with van der Waals surface area (Å²) < 4.78 is 4.97. The predicted molar refractivity (Wildman–Crippen MR) is 57.8 cm³/mol. The van der Waals surface area contributed by atoms with Crippen molar-refractivity contribution in [3.05, 3.63) is 48.7 Å². The van der Waals surface area contributed by atoms with Crippen LogP contribution in [0.1, 0.15) is 0 Å². The third-order valence-corrected chi connectivity index (χ3v) is 1.79. The highest BCUT2D eigenvalue weighted by atomic mass is 16.3. The molecule has 0 aliphatic rings. The molecule has 0 bridgehead atoms. The van der Waals surface area contributed by atoms with Crippen molar-refractivity contribution in [2.75, 3.05) is 10.6 Å². The minimum Gasteiger partial charge on any atom is -0.449 e. The van der Waals surface area contributed by atoms with Gasteiger partial charge in [0, 0.05) is 11.8 Å². The minimum atomic E-state index is -0.323. The second-order valence-electron chi connectivity index (χ2n) is 2.92. The molecule has 0 aliphatic carbocycles. The Kier molecular flexibility index (Phi) is 2.69. The van der Waals surface area contributed by atoms with Crippen LogP contribution < -0.4 is 10.6 Å². The Bertz CT molecular complexity index is 423. The van der Waals surface area contributed by atoms with Crippen LogP contribution in [0.15, 0.2) is 53.1 Å². The fourth-order valence-corrected chi connectivity index (χ4v) is 1.15. The van der Waals surface area contributed by atoms with Crippen molar-refractivity contribution >= 4 is 17.6 Å². The lowest BCUT2D eigenvalue weighted by Gasteiger charge is -2.04. The van der Waals surface area contributed by atoms with Crippen molar-refractivity contribution < 1.29 is 9.21 Å². The number of benzene rings is 1. The van der Waals surface area contributed by atoms with E-state index in [1.807, 2.05) is 30.3 Å². The molecule has 1 heterocycles. The first-order valence-electron chi connectivity index (χ1n) is 4.51. The van der Waals surface area contributed by atoms with E-state index in [9.17, 15) is 4.79 Å². The maximum absolute atomic E-state index is 11.4. The Morgan fingerprint density at radius 3 is 2.47 bits per heavy atom. The highest BCUT2D eigenvalue weighted by Crippen LogP contribution is 2.09. The summed E-state index contributed by atoms with van der Waals surface area (Å²) in [6.07, 6.45) is 1.50.